The zero-order chi connectivity index (χ0) is 23.1. The van der Waals surface area contributed by atoms with Crippen molar-refractivity contribution in [3.63, 3.8) is 0 Å². The van der Waals surface area contributed by atoms with Gasteiger partial charge in [0, 0.05) is 12.6 Å². The van der Waals surface area contributed by atoms with Crippen molar-refractivity contribution in [1.82, 2.24) is 10.2 Å². The molecule has 0 bridgehead atoms. The van der Waals surface area contributed by atoms with Crippen LogP contribution in [0.2, 0.25) is 0 Å². The summed E-state index contributed by atoms with van der Waals surface area (Å²) in [4.78, 5) is 51.1. The van der Waals surface area contributed by atoms with Crippen molar-refractivity contribution in [1.29, 1.82) is 0 Å². The molecule has 9 heteroatoms. The molecule has 1 N–H and O–H groups in total. The minimum atomic E-state index is -1.16. The molecule has 0 radical (unpaired) electrons. The van der Waals surface area contributed by atoms with Crippen LogP contribution in [0.5, 0.6) is 0 Å². The van der Waals surface area contributed by atoms with Crippen LogP contribution >= 0.6 is 0 Å². The summed E-state index contributed by atoms with van der Waals surface area (Å²) in [6.07, 6.45) is 0.519. The molecule has 0 aromatic rings. The summed E-state index contributed by atoms with van der Waals surface area (Å²) in [6.45, 7) is 12.4. The van der Waals surface area contributed by atoms with Crippen molar-refractivity contribution in [2.75, 3.05) is 13.2 Å². The van der Waals surface area contributed by atoms with E-state index in [4.69, 9.17) is 14.2 Å². The molecule has 1 fully saturated rings. The Balaban J connectivity index is 2.92. The van der Waals surface area contributed by atoms with Crippen molar-refractivity contribution in [3.8, 4) is 0 Å². The van der Waals surface area contributed by atoms with Crippen LogP contribution in [0, 0.1) is 0 Å². The molecule has 1 rings (SSSR count). The molecule has 0 heterocycles. The Morgan fingerprint density at radius 3 is 2.00 bits per heavy atom. The average Bonchev–Trinajstić information content (AvgIpc) is 3.35. The lowest BCUT2D eigenvalue weighted by Crippen LogP contribution is -2.52. The summed E-state index contributed by atoms with van der Waals surface area (Å²) in [5.74, 6) is -1.46. The molecule has 9 nitrogen and oxygen atoms in total. The van der Waals surface area contributed by atoms with Gasteiger partial charge < -0.3 is 24.4 Å². The molecule has 0 aromatic heterocycles. The third-order valence-electron chi connectivity index (χ3n) is 3.91. The van der Waals surface area contributed by atoms with Crippen molar-refractivity contribution in [2.45, 2.75) is 97.4 Å². The van der Waals surface area contributed by atoms with Crippen LogP contribution in [-0.2, 0) is 28.6 Å². The van der Waals surface area contributed by atoms with E-state index >= 15 is 0 Å². The number of nitrogens with zero attached hydrogens (tertiary/aromatic N) is 1. The fraction of sp³-hybridized carbons (Fsp3) is 0.810. The van der Waals surface area contributed by atoms with Gasteiger partial charge in [-0.3, -0.25) is 14.4 Å². The molecule has 0 aromatic carbocycles. The molecule has 30 heavy (non-hydrogen) atoms. The highest BCUT2D eigenvalue weighted by Crippen LogP contribution is 2.28. The minimum Gasteiger partial charge on any atom is -0.466 e. The highest BCUT2D eigenvalue weighted by Gasteiger charge is 2.38. The van der Waals surface area contributed by atoms with Crippen LogP contribution in [0.15, 0.2) is 0 Å². The Morgan fingerprint density at radius 1 is 0.967 bits per heavy atom. The minimum absolute atomic E-state index is 0.0199. The molecule has 0 saturated heterocycles. The number of amides is 2. The van der Waals surface area contributed by atoms with E-state index in [0.717, 1.165) is 12.8 Å². The number of carbonyl (C=O) groups is 4. The molecule has 2 amide bonds. The van der Waals surface area contributed by atoms with E-state index in [1.54, 1.807) is 48.5 Å². The smallest absolute Gasteiger partial charge is 0.408 e. The van der Waals surface area contributed by atoms with E-state index < -0.39 is 41.2 Å². The predicted molar refractivity (Wildman–Crippen MR) is 110 cm³/mol. The fourth-order valence-corrected chi connectivity index (χ4v) is 2.70. The third kappa shape index (κ3) is 10.5. The SMILES string of the molecule is CCOC(=O)CCN(C(=O)[C@H](CC(=O)OC(C)(C)C)NC(=O)OC(C)(C)C)C1CC1. The summed E-state index contributed by atoms with van der Waals surface area (Å²) in [5, 5.41) is 2.50. The van der Waals surface area contributed by atoms with Gasteiger partial charge >= 0.3 is 18.0 Å². The lowest BCUT2D eigenvalue weighted by Gasteiger charge is -2.29. The van der Waals surface area contributed by atoms with E-state index in [9.17, 15) is 19.2 Å². The standard InChI is InChI=1S/C21H36N2O7/c1-8-28-16(24)11-12-23(14-9-10-14)18(26)15(13-17(25)29-20(2,3)4)22-19(27)30-21(5,6)7/h14-15H,8-13H2,1-7H3,(H,22,27)/t15-/m0/s1. The van der Waals surface area contributed by atoms with Crippen LogP contribution in [0.25, 0.3) is 0 Å². The average molecular weight is 429 g/mol. The van der Waals surface area contributed by atoms with Gasteiger partial charge in [0.2, 0.25) is 5.91 Å². The van der Waals surface area contributed by atoms with Gasteiger partial charge in [-0.2, -0.15) is 0 Å². The van der Waals surface area contributed by atoms with Crippen molar-refractivity contribution >= 4 is 23.9 Å². The summed E-state index contributed by atoms with van der Waals surface area (Å²) >= 11 is 0. The monoisotopic (exact) mass is 428 g/mol. The molecular weight excluding hydrogens is 392 g/mol. The van der Waals surface area contributed by atoms with E-state index in [-0.39, 0.29) is 32.0 Å². The Hall–Kier alpha value is -2.32. The maximum absolute atomic E-state index is 13.2. The quantitative estimate of drug-likeness (QED) is 0.444. The topological polar surface area (TPSA) is 111 Å². The summed E-state index contributed by atoms with van der Waals surface area (Å²) in [6, 6.07) is -1.18. The van der Waals surface area contributed by atoms with Crippen molar-refractivity contribution in [3.05, 3.63) is 0 Å². The van der Waals surface area contributed by atoms with E-state index in [2.05, 4.69) is 5.32 Å². The zero-order valence-electron chi connectivity index (χ0n) is 19.2. The normalized spacial score (nSPS) is 15.0. The number of hydrogen-bond donors (Lipinski definition) is 1. The first-order chi connectivity index (χ1) is 13.7. The summed E-state index contributed by atoms with van der Waals surface area (Å²) in [7, 11) is 0. The van der Waals surface area contributed by atoms with Crippen LogP contribution in [0.1, 0.15) is 74.1 Å². The Labute approximate surface area is 178 Å². The Kier molecular flexibility index (Phi) is 9.11. The highest BCUT2D eigenvalue weighted by molar-refractivity contribution is 5.90. The largest absolute Gasteiger partial charge is 0.466 e. The fourth-order valence-electron chi connectivity index (χ4n) is 2.70. The van der Waals surface area contributed by atoms with E-state index in [1.165, 1.54) is 4.90 Å². The van der Waals surface area contributed by atoms with Gasteiger partial charge in [-0.1, -0.05) is 0 Å². The second-order valence-electron chi connectivity index (χ2n) is 9.31. The number of carbonyl (C=O) groups excluding carboxylic acids is 4. The van der Waals surface area contributed by atoms with Gasteiger partial charge in [-0.25, -0.2) is 4.79 Å². The maximum atomic E-state index is 13.2. The molecule has 0 spiro atoms. The van der Waals surface area contributed by atoms with Crippen LogP contribution < -0.4 is 5.32 Å². The third-order valence-corrected chi connectivity index (χ3v) is 3.91. The maximum Gasteiger partial charge on any atom is 0.408 e. The van der Waals surface area contributed by atoms with Crippen LogP contribution in [0.3, 0.4) is 0 Å². The number of nitrogens with one attached hydrogen (secondary N) is 1. The van der Waals surface area contributed by atoms with Gasteiger partial charge in [0.15, 0.2) is 0 Å². The van der Waals surface area contributed by atoms with Gasteiger partial charge in [0.1, 0.15) is 17.2 Å². The first kappa shape index (κ1) is 25.7. The number of alkyl carbamates (subject to hydrolysis) is 1. The first-order valence-electron chi connectivity index (χ1n) is 10.4. The second kappa shape index (κ2) is 10.6. The Bertz CT molecular complexity index is 600. The molecule has 0 aliphatic heterocycles. The molecule has 0 unspecified atom stereocenters. The van der Waals surface area contributed by atoms with Crippen molar-refractivity contribution in [2.24, 2.45) is 0 Å². The summed E-state index contributed by atoms with van der Waals surface area (Å²) in [5.41, 5.74) is -1.49. The number of ether oxygens (including phenoxy) is 3. The second-order valence-corrected chi connectivity index (χ2v) is 9.31. The van der Waals surface area contributed by atoms with E-state index in [0.29, 0.717) is 0 Å². The first-order valence-corrected chi connectivity index (χ1v) is 10.4. The summed E-state index contributed by atoms with van der Waals surface area (Å²) < 4.78 is 15.5. The lowest BCUT2D eigenvalue weighted by atomic mass is 10.1. The predicted octanol–water partition coefficient (Wildman–Crippen LogP) is 2.56. The van der Waals surface area contributed by atoms with Crippen molar-refractivity contribution < 1.29 is 33.4 Å². The molecular formula is C21H36N2O7. The molecule has 172 valence electrons. The molecule has 1 aliphatic carbocycles. The molecule has 1 aliphatic rings. The van der Waals surface area contributed by atoms with Crippen LogP contribution in [-0.4, -0.2) is 65.3 Å². The van der Waals surface area contributed by atoms with Gasteiger partial charge in [-0.15, -0.1) is 0 Å². The van der Waals surface area contributed by atoms with E-state index in [1.807, 2.05) is 0 Å². The Morgan fingerprint density at radius 2 is 1.53 bits per heavy atom. The van der Waals surface area contributed by atoms with Gasteiger partial charge in [-0.05, 0) is 61.3 Å². The van der Waals surface area contributed by atoms with Crippen LogP contribution in [0.4, 0.5) is 4.79 Å². The lowest BCUT2D eigenvalue weighted by molar-refractivity contribution is -0.157. The number of hydrogen-bond acceptors (Lipinski definition) is 7. The highest BCUT2D eigenvalue weighted by atomic mass is 16.6. The van der Waals surface area contributed by atoms with Gasteiger partial charge in [0.05, 0.1) is 19.4 Å². The number of rotatable bonds is 9. The zero-order valence-corrected chi connectivity index (χ0v) is 19.2. The number of esters is 2. The molecule has 1 atom stereocenters. The van der Waals surface area contributed by atoms with Gasteiger partial charge in [0.25, 0.3) is 0 Å². The molecule has 1 saturated carbocycles.